The molecule has 0 aromatic rings. The molecule has 0 bridgehead atoms. The maximum atomic E-state index is 11.3. The zero-order valence-electron chi connectivity index (χ0n) is 9.91. The maximum Gasteiger partial charge on any atom is 0.239 e. The predicted octanol–water partition coefficient (Wildman–Crippen LogP) is -0.436. The molecule has 5 heteroatoms. The highest BCUT2D eigenvalue weighted by molar-refractivity contribution is 5.86. The highest BCUT2D eigenvalue weighted by Crippen LogP contribution is 1.90. The lowest BCUT2D eigenvalue weighted by atomic mass is 10.2. The summed E-state index contributed by atoms with van der Waals surface area (Å²) in [5.41, 5.74) is 5.41. The van der Waals surface area contributed by atoms with Crippen molar-refractivity contribution in [1.82, 2.24) is 10.2 Å². The lowest BCUT2D eigenvalue weighted by molar-refractivity contribution is -0.135. The number of hydrogen-bond acceptors (Lipinski definition) is 3. The van der Waals surface area contributed by atoms with Crippen LogP contribution in [0.3, 0.4) is 0 Å². The number of hydrogen-bond donors (Lipinski definition) is 2. The zero-order chi connectivity index (χ0) is 12.0. The van der Waals surface area contributed by atoms with Crippen LogP contribution in [0.5, 0.6) is 0 Å². The van der Waals surface area contributed by atoms with Crippen molar-refractivity contribution in [2.75, 3.05) is 20.1 Å². The maximum absolute atomic E-state index is 11.3. The molecule has 0 spiro atoms. The van der Waals surface area contributed by atoms with Gasteiger partial charge in [-0.1, -0.05) is 13.8 Å². The van der Waals surface area contributed by atoms with Gasteiger partial charge < -0.3 is 16.0 Å². The molecule has 0 aliphatic rings. The molecule has 15 heavy (non-hydrogen) atoms. The molecule has 5 nitrogen and oxygen atoms in total. The van der Waals surface area contributed by atoms with Crippen molar-refractivity contribution < 1.29 is 9.59 Å². The minimum Gasteiger partial charge on any atom is -0.354 e. The Kier molecular flexibility index (Phi) is 5.93. The first kappa shape index (κ1) is 13.9. The van der Waals surface area contributed by atoms with Crippen molar-refractivity contribution in [2.24, 2.45) is 11.7 Å². The van der Waals surface area contributed by atoms with E-state index >= 15 is 0 Å². The van der Waals surface area contributed by atoms with Gasteiger partial charge in [-0.25, -0.2) is 0 Å². The van der Waals surface area contributed by atoms with Crippen molar-refractivity contribution in [3.05, 3.63) is 0 Å². The van der Waals surface area contributed by atoms with Gasteiger partial charge in [-0.15, -0.1) is 0 Å². The lowest BCUT2D eigenvalue weighted by Crippen LogP contribution is -2.45. The Morgan fingerprint density at radius 2 is 1.87 bits per heavy atom. The van der Waals surface area contributed by atoms with E-state index in [1.54, 1.807) is 14.0 Å². The second kappa shape index (κ2) is 6.40. The first-order valence-electron chi connectivity index (χ1n) is 5.11. The largest absolute Gasteiger partial charge is 0.354 e. The van der Waals surface area contributed by atoms with Crippen LogP contribution in [0.4, 0.5) is 0 Å². The van der Waals surface area contributed by atoms with Gasteiger partial charge in [0.1, 0.15) is 0 Å². The molecule has 0 heterocycles. The monoisotopic (exact) mass is 215 g/mol. The van der Waals surface area contributed by atoms with E-state index in [4.69, 9.17) is 5.73 Å². The fourth-order valence-corrected chi connectivity index (χ4v) is 1.01. The molecule has 0 unspecified atom stereocenters. The number of nitrogens with zero attached hydrogens (tertiary/aromatic N) is 1. The molecule has 0 radical (unpaired) electrons. The smallest absolute Gasteiger partial charge is 0.239 e. The number of nitrogens with two attached hydrogens (primary N) is 1. The van der Waals surface area contributed by atoms with E-state index in [-0.39, 0.29) is 18.4 Å². The normalized spacial score (nSPS) is 12.4. The Bertz CT molecular complexity index is 227. The molecule has 0 aromatic carbocycles. The van der Waals surface area contributed by atoms with Crippen molar-refractivity contribution in [3.63, 3.8) is 0 Å². The summed E-state index contributed by atoms with van der Waals surface area (Å²) in [5.74, 6) is 0.0262. The number of nitrogens with one attached hydrogen (secondary N) is 1. The van der Waals surface area contributed by atoms with Crippen molar-refractivity contribution >= 4 is 11.8 Å². The number of amides is 2. The molecule has 88 valence electrons. The van der Waals surface area contributed by atoms with Crippen LogP contribution in [0, 0.1) is 5.92 Å². The van der Waals surface area contributed by atoms with Gasteiger partial charge in [0.15, 0.2) is 0 Å². The van der Waals surface area contributed by atoms with Crippen LogP contribution in [0.2, 0.25) is 0 Å². The first-order chi connectivity index (χ1) is 6.84. The van der Waals surface area contributed by atoms with Gasteiger partial charge in [0, 0.05) is 13.6 Å². The average Bonchev–Trinajstić information content (AvgIpc) is 2.13. The molecule has 1 atom stereocenters. The molecular weight excluding hydrogens is 194 g/mol. The molecule has 0 saturated carbocycles. The lowest BCUT2D eigenvalue weighted by Gasteiger charge is -2.19. The Morgan fingerprint density at radius 3 is 2.27 bits per heavy atom. The van der Waals surface area contributed by atoms with Crippen LogP contribution in [-0.4, -0.2) is 42.9 Å². The standard InChI is InChI=1S/C10H21N3O2/c1-7(2)5-12-9(14)6-13(4)10(15)8(3)11/h7-8H,5-6,11H2,1-4H3,(H,12,14)/t8-/m1/s1. The Hall–Kier alpha value is -1.10. The Morgan fingerprint density at radius 1 is 1.33 bits per heavy atom. The van der Waals surface area contributed by atoms with Crippen molar-refractivity contribution in [1.29, 1.82) is 0 Å². The quantitative estimate of drug-likeness (QED) is 0.653. The van der Waals surface area contributed by atoms with E-state index in [0.29, 0.717) is 12.5 Å². The van der Waals surface area contributed by atoms with E-state index in [1.165, 1.54) is 4.90 Å². The topological polar surface area (TPSA) is 75.4 Å². The summed E-state index contributed by atoms with van der Waals surface area (Å²) in [6.45, 7) is 6.31. The summed E-state index contributed by atoms with van der Waals surface area (Å²) in [4.78, 5) is 24.0. The predicted molar refractivity (Wildman–Crippen MR) is 59.1 cm³/mol. The Balaban J connectivity index is 3.91. The minimum absolute atomic E-state index is 0.0626. The van der Waals surface area contributed by atoms with Gasteiger partial charge in [-0.05, 0) is 12.8 Å². The van der Waals surface area contributed by atoms with Gasteiger partial charge in [0.25, 0.3) is 0 Å². The van der Waals surface area contributed by atoms with Gasteiger partial charge in [-0.3, -0.25) is 9.59 Å². The molecule has 2 amide bonds. The van der Waals surface area contributed by atoms with Crippen molar-refractivity contribution in [3.8, 4) is 0 Å². The van der Waals surface area contributed by atoms with Crippen LogP contribution in [0.1, 0.15) is 20.8 Å². The van der Waals surface area contributed by atoms with Gasteiger partial charge in [0.05, 0.1) is 12.6 Å². The number of carbonyl (C=O) groups is 2. The van der Waals surface area contributed by atoms with Crippen LogP contribution in [0.25, 0.3) is 0 Å². The molecule has 0 aliphatic heterocycles. The van der Waals surface area contributed by atoms with Crippen LogP contribution in [-0.2, 0) is 9.59 Å². The summed E-state index contributed by atoms with van der Waals surface area (Å²) < 4.78 is 0. The molecule has 0 aromatic heterocycles. The number of carbonyl (C=O) groups excluding carboxylic acids is 2. The molecule has 0 aliphatic carbocycles. The molecule has 0 saturated heterocycles. The van der Waals surface area contributed by atoms with E-state index in [2.05, 4.69) is 5.32 Å². The fourth-order valence-electron chi connectivity index (χ4n) is 1.01. The van der Waals surface area contributed by atoms with Gasteiger partial charge >= 0.3 is 0 Å². The first-order valence-corrected chi connectivity index (χ1v) is 5.11. The highest BCUT2D eigenvalue weighted by atomic mass is 16.2. The molecule has 0 rings (SSSR count). The van der Waals surface area contributed by atoms with E-state index in [0.717, 1.165) is 0 Å². The van der Waals surface area contributed by atoms with Crippen molar-refractivity contribution in [2.45, 2.75) is 26.8 Å². The molecule has 3 N–H and O–H groups in total. The summed E-state index contributed by atoms with van der Waals surface area (Å²) in [6, 6.07) is -0.562. The third-order valence-corrected chi connectivity index (χ3v) is 1.85. The van der Waals surface area contributed by atoms with Crippen LogP contribution < -0.4 is 11.1 Å². The van der Waals surface area contributed by atoms with E-state index in [1.807, 2.05) is 13.8 Å². The van der Waals surface area contributed by atoms with E-state index in [9.17, 15) is 9.59 Å². The highest BCUT2D eigenvalue weighted by Gasteiger charge is 2.15. The number of rotatable bonds is 5. The second-order valence-electron chi connectivity index (χ2n) is 4.18. The minimum atomic E-state index is -0.562. The number of likely N-dealkylation sites (N-methyl/N-ethyl adjacent to an activating group) is 1. The zero-order valence-corrected chi connectivity index (χ0v) is 9.91. The SMILES string of the molecule is CC(C)CNC(=O)CN(C)C(=O)[C@@H](C)N. The fraction of sp³-hybridized carbons (Fsp3) is 0.800. The average molecular weight is 215 g/mol. The van der Waals surface area contributed by atoms with E-state index < -0.39 is 6.04 Å². The molecule has 0 fully saturated rings. The Labute approximate surface area is 91.0 Å². The third-order valence-electron chi connectivity index (χ3n) is 1.85. The third kappa shape index (κ3) is 6.06. The molecular formula is C10H21N3O2. The van der Waals surface area contributed by atoms with Crippen LogP contribution in [0.15, 0.2) is 0 Å². The summed E-state index contributed by atoms with van der Waals surface area (Å²) >= 11 is 0. The van der Waals surface area contributed by atoms with Crippen LogP contribution >= 0.6 is 0 Å². The van der Waals surface area contributed by atoms with Gasteiger partial charge in [-0.2, -0.15) is 0 Å². The summed E-state index contributed by atoms with van der Waals surface area (Å²) in [7, 11) is 1.57. The summed E-state index contributed by atoms with van der Waals surface area (Å²) in [5, 5.41) is 2.73. The summed E-state index contributed by atoms with van der Waals surface area (Å²) in [6.07, 6.45) is 0. The second-order valence-corrected chi connectivity index (χ2v) is 4.18. The van der Waals surface area contributed by atoms with Gasteiger partial charge in [0.2, 0.25) is 11.8 Å².